The molecular formula is C17H15N3O8S2. The molecule has 3 aromatic carbocycles. The minimum absolute atomic E-state index is 0.184. The normalized spacial score (nSPS) is 12.5. The van der Waals surface area contributed by atoms with Crippen molar-refractivity contribution < 1.29 is 35.8 Å². The van der Waals surface area contributed by atoms with Crippen LogP contribution >= 0.6 is 0 Å². The molecule has 0 saturated heterocycles. The number of anilines is 1. The van der Waals surface area contributed by atoms with E-state index >= 15 is 0 Å². The van der Waals surface area contributed by atoms with Gasteiger partial charge in [0.05, 0.1) is 7.11 Å². The van der Waals surface area contributed by atoms with Gasteiger partial charge < -0.3 is 15.6 Å². The average Bonchev–Trinajstić information content (AvgIpc) is 2.65. The summed E-state index contributed by atoms with van der Waals surface area (Å²) in [6.45, 7) is 0. The lowest BCUT2D eigenvalue weighted by molar-refractivity contribution is 0.398. The summed E-state index contributed by atoms with van der Waals surface area (Å²) in [5, 5.41) is 18.4. The Balaban J connectivity index is 2.27. The Kier molecular flexibility index (Phi) is 5.38. The smallest absolute Gasteiger partial charge is 0.298 e. The Morgan fingerprint density at radius 1 is 0.933 bits per heavy atom. The van der Waals surface area contributed by atoms with Crippen LogP contribution in [0.1, 0.15) is 0 Å². The molecule has 30 heavy (non-hydrogen) atoms. The number of phenolic OH excluding ortho intramolecular Hbond substituents is 1. The van der Waals surface area contributed by atoms with E-state index in [2.05, 4.69) is 10.2 Å². The van der Waals surface area contributed by atoms with Crippen molar-refractivity contribution in [2.45, 2.75) is 9.79 Å². The Morgan fingerprint density at radius 2 is 1.60 bits per heavy atom. The maximum absolute atomic E-state index is 11.8. The van der Waals surface area contributed by atoms with Crippen LogP contribution in [-0.2, 0) is 20.2 Å². The number of nitrogen functional groups attached to an aromatic ring is 1. The molecular weight excluding hydrogens is 438 g/mol. The van der Waals surface area contributed by atoms with Crippen LogP contribution in [-0.4, -0.2) is 38.2 Å². The molecule has 11 nitrogen and oxygen atoms in total. The van der Waals surface area contributed by atoms with E-state index < -0.39 is 41.5 Å². The number of fused-ring (bicyclic) bond motifs is 1. The van der Waals surface area contributed by atoms with Crippen molar-refractivity contribution in [3.8, 4) is 11.5 Å². The van der Waals surface area contributed by atoms with E-state index in [0.29, 0.717) is 5.69 Å². The van der Waals surface area contributed by atoms with Crippen LogP contribution < -0.4 is 10.5 Å². The Labute approximate surface area is 170 Å². The summed E-state index contributed by atoms with van der Waals surface area (Å²) in [4.78, 5) is -1.33. The molecule has 3 aromatic rings. The van der Waals surface area contributed by atoms with Gasteiger partial charge in [0.2, 0.25) is 0 Å². The van der Waals surface area contributed by atoms with Gasteiger partial charge in [0, 0.05) is 11.1 Å². The quantitative estimate of drug-likeness (QED) is 0.255. The van der Waals surface area contributed by atoms with Gasteiger partial charge in [0.1, 0.15) is 21.2 Å². The van der Waals surface area contributed by atoms with Crippen molar-refractivity contribution in [2.24, 2.45) is 10.2 Å². The second-order valence-electron chi connectivity index (χ2n) is 6.01. The first-order valence-electron chi connectivity index (χ1n) is 8.02. The minimum atomic E-state index is -4.83. The van der Waals surface area contributed by atoms with E-state index in [-0.39, 0.29) is 22.2 Å². The number of aromatic hydroxyl groups is 1. The monoisotopic (exact) mass is 453 g/mol. The fraction of sp³-hybridized carbons (Fsp3) is 0.0588. The van der Waals surface area contributed by atoms with Crippen molar-refractivity contribution in [1.29, 1.82) is 0 Å². The predicted molar refractivity (Wildman–Crippen MR) is 107 cm³/mol. The van der Waals surface area contributed by atoms with Gasteiger partial charge in [-0.3, -0.25) is 9.11 Å². The third kappa shape index (κ3) is 4.04. The van der Waals surface area contributed by atoms with Gasteiger partial charge >= 0.3 is 0 Å². The standard InChI is InChI=1S/C17H15N3O8S2/c1-28-17-12(3-2-4-13(17)29(22,23)24)19-20-15-14(30(25,26)27)8-9-7-10(18)5-6-11(9)16(15)21/h2-8,21H,18H2,1H3,(H,22,23,24)(H,25,26,27). The molecule has 13 heteroatoms. The SMILES string of the molecule is COc1c(N=Nc2c(S(=O)(=O)O)cc3cc(N)ccc3c2O)cccc1S(=O)(=O)O. The molecule has 5 N–H and O–H groups in total. The van der Waals surface area contributed by atoms with E-state index in [4.69, 9.17) is 10.5 Å². The van der Waals surface area contributed by atoms with Crippen LogP contribution in [0.4, 0.5) is 17.1 Å². The molecule has 0 heterocycles. The van der Waals surface area contributed by atoms with E-state index in [0.717, 1.165) is 19.2 Å². The summed E-state index contributed by atoms with van der Waals surface area (Å²) in [6, 6.07) is 8.93. The van der Waals surface area contributed by atoms with E-state index in [1.54, 1.807) is 0 Å². The zero-order valence-electron chi connectivity index (χ0n) is 15.2. The molecule has 0 atom stereocenters. The van der Waals surface area contributed by atoms with Gasteiger partial charge in [-0.15, -0.1) is 10.2 Å². The van der Waals surface area contributed by atoms with Crippen LogP contribution in [0.5, 0.6) is 11.5 Å². The minimum Gasteiger partial charge on any atom is -0.505 e. The number of hydrogen-bond acceptors (Lipinski definition) is 9. The van der Waals surface area contributed by atoms with Crippen molar-refractivity contribution in [3.63, 3.8) is 0 Å². The first-order chi connectivity index (χ1) is 13.9. The molecule has 0 spiro atoms. The second-order valence-corrected chi connectivity index (χ2v) is 8.79. The molecule has 158 valence electrons. The number of ether oxygens (including phenoxy) is 1. The van der Waals surface area contributed by atoms with E-state index in [1.165, 1.54) is 30.3 Å². The van der Waals surface area contributed by atoms with Gasteiger partial charge in [-0.2, -0.15) is 16.8 Å². The molecule has 0 aliphatic heterocycles. The molecule has 3 rings (SSSR count). The van der Waals surface area contributed by atoms with Gasteiger partial charge in [0.25, 0.3) is 20.2 Å². The summed E-state index contributed by atoms with van der Waals surface area (Å²) >= 11 is 0. The number of nitrogens with zero attached hydrogens (tertiary/aromatic N) is 2. The zero-order valence-corrected chi connectivity index (χ0v) is 16.8. The lowest BCUT2D eigenvalue weighted by Gasteiger charge is -2.10. The fourth-order valence-electron chi connectivity index (χ4n) is 2.76. The maximum Gasteiger partial charge on any atom is 0.298 e. The van der Waals surface area contributed by atoms with Crippen LogP contribution in [0.15, 0.2) is 62.5 Å². The molecule has 0 aliphatic carbocycles. The van der Waals surface area contributed by atoms with Crippen molar-refractivity contribution in [1.82, 2.24) is 0 Å². The molecule has 0 aromatic heterocycles. The van der Waals surface area contributed by atoms with E-state index in [9.17, 15) is 31.0 Å². The van der Waals surface area contributed by atoms with Crippen molar-refractivity contribution >= 4 is 48.1 Å². The van der Waals surface area contributed by atoms with Crippen LogP contribution in [0.25, 0.3) is 10.8 Å². The molecule has 0 unspecified atom stereocenters. The second kappa shape index (κ2) is 7.53. The highest BCUT2D eigenvalue weighted by Gasteiger charge is 2.23. The topological polar surface area (TPSA) is 189 Å². The third-order valence-electron chi connectivity index (χ3n) is 4.05. The molecule has 0 bridgehead atoms. The summed E-state index contributed by atoms with van der Waals surface area (Å²) in [5.41, 5.74) is 5.19. The number of phenols is 1. The zero-order chi connectivity index (χ0) is 22.3. The van der Waals surface area contributed by atoms with Crippen LogP contribution in [0.3, 0.4) is 0 Å². The van der Waals surface area contributed by atoms with Crippen LogP contribution in [0, 0.1) is 0 Å². The van der Waals surface area contributed by atoms with Crippen molar-refractivity contribution in [3.05, 3.63) is 42.5 Å². The first-order valence-corrected chi connectivity index (χ1v) is 10.9. The molecule has 0 fully saturated rings. The molecule has 0 radical (unpaired) electrons. The van der Waals surface area contributed by atoms with E-state index in [1.807, 2.05) is 0 Å². The number of methoxy groups -OCH3 is 1. The highest BCUT2D eigenvalue weighted by Crippen LogP contribution is 2.43. The fourth-order valence-corrected chi connectivity index (χ4v) is 4.09. The lowest BCUT2D eigenvalue weighted by atomic mass is 10.1. The number of azo groups is 1. The maximum atomic E-state index is 11.8. The molecule has 0 amide bonds. The molecule has 0 aliphatic rings. The largest absolute Gasteiger partial charge is 0.505 e. The summed E-state index contributed by atoms with van der Waals surface area (Å²) in [7, 11) is -8.35. The number of para-hydroxylation sites is 1. The Bertz CT molecular complexity index is 1400. The van der Waals surface area contributed by atoms with Gasteiger partial charge in [-0.25, -0.2) is 0 Å². The molecule has 0 saturated carbocycles. The van der Waals surface area contributed by atoms with Gasteiger partial charge in [-0.1, -0.05) is 6.07 Å². The summed E-state index contributed by atoms with van der Waals surface area (Å²) in [6.07, 6.45) is 0. The summed E-state index contributed by atoms with van der Waals surface area (Å²) in [5.74, 6) is -0.959. The third-order valence-corrected chi connectivity index (χ3v) is 5.80. The number of benzene rings is 3. The van der Waals surface area contributed by atoms with Gasteiger partial charge in [0.15, 0.2) is 11.5 Å². The van der Waals surface area contributed by atoms with Gasteiger partial charge in [-0.05, 0) is 41.8 Å². The highest BCUT2D eigenvalue weighted by molar-refractivity contribution is 7.86. The Hall–Kier alpha value is -3.26. The lowest BCUT2D eigenvalue weighted by Crippen LogP contribution is -2.01. The summed E-state index contributed by atoms with van der Waals surface area (Å²) < 4.78 is 70.5. The number of nitrogens with two attached hydrogens (primary N) is 1. The first kappa shape index (κ1) is 21.4. The predicted octanol–water partition coefficient (Wildman–Crippen LogP) is 3.05. The number of rotatable bonds is 5. The Morgan fingerprint density at radius 3 is 2.20 bits per heavy atom. The average molecular weight is 453 g/mol. The van der Waals surface area contributed by atoms with Crippen molar-refractivity contribution in [2.75, 3.05) is 12.8 Å². The van der Waals surface area contributed by atoms with Crippen LogP contribution in [0.2, 0.25) is 0 Å². The number of hydrogen-bond donors (Lipinski definition) is 4. The highest BCUT2D eigenvalue weighted by atomic mass is 32.2.